The number of amides is 2. The molecule has 6 nitrogen and oxygen atoms in total. The van der Waals surface area contributed by atoms with Crippen molar-refractivity contribution in [2.24, 2.45) is 5.92 Å². The third-order valence-corrected chi connectivity index (χ3v) is 4.09. The molecule has 2 rings (SSSR count). The van der Waals surface area contributed by atoms with E-state index in [0.717, 1.165) is 12.8 Å². The fourth-order valence-electron chi connectivity index (χ4n) is 2.93. The van der Waals surface area contributed by atoms with Crippen molar-refractivity contribution in [3.05, 3.63) is 0 Å². The summed E-state index contributed by atoms with van der Waals surface area (Å²) < 4.78 is 0. The Kier molecular flexibility index (Phi) is 3.99. The Balaban J connectivity index is 1.84. The van der Waals surface area contributed by atoms with E-state index in [1.165, 1.54) is 0 Å². The highest BCUT2D eigenvalue weighted by atomic mass is 16.4. The van der Waals surface area contributed by atoms with Crippen LogP contribution in [-0.2, 0) is 4.79 Å². The SMILES string of the molecule is CC1(O)CCN(C(=O)NC2CCCC(C(=O)O)C2)C1. The van der Waals surface area contributed by atoms with E-state index >= 15 is 0 Å². The number of aliphatic hydroxyl groups is 1. The van der Waals surface area contributed by atoms with Gasteiger partial charge < -0.3 is 20.4 Å². The molecule has 0 aromatic carbocycles. The Morgan fingerprint density at radius 2 is 2.11 bits per heavy atom. The molecule has 0 radical (unpaired) electrons. The lowest BCUT2D eigenvalue weighted by Gasteiger charge is -2.29. The Morgan fingerprint density at radius 3 is 2.68 bits per heavy atom. The average molecular weight is 270 g/mol. The van der Waals surface area contributed by atoms with Crippen LogP contribution in [0, 0.1) is 5.92 Å². The van der Waals surface area contributed by atoms with E-state index in [4.69, 9.17) is 5.11 Å². The molecule has 3 atom stereocenters. The van der Waals surface area contributed by atoms with E-state index in [1.807, 2.05) is 0 Å². The topological polar surface area (TPSA) is 89.9 Å². The van der Waals surface area contributed by atoms with Crippen LogP contribution in [0.4, 0.5) is 4.79 Å². The van der Waals surface area contributed by atoms with Gasteiger partial charge in [0.15, 0.2) is 0 Å². The van der Waals surface area contributed by atoms with Crippen molar-refractivity contribution in [2.45, 2.75) is 50.7 Å². The second-order valence-electron chi connectivity index (χ2n) is 6.02. The van der Waals surface area contributed by atoms with Crippen LogP contribution in [0.25, 0.3) is 0 Å². The minimum absolute atomic E-state index is 0.0621. The number of aliphatic carboxylic acids is 1. The van der Waals surface area contributed by atoms with Crippen LogP contribution < -0.4 is 5.32 Å². The molecular weight excluding hydrogens is 248 g/mol. The van der Waals surface area contributed by atoms with Gasteiger partial charge in [-0.3, -0.25) is 4.79 Å². The maximum Gasteiger partial charge on any atom is 0.317 e. The zero-order chi connectivity index (χ0) is 14.0. The summed E-state index contributed by atoms with van der Waals surface area (Å²) in [5, 5.41) is 21.7. The van der Waals surface area contributed by atoms with Crippen molar-refractivity contribution in [2.75, 3.05) is 13.1 Å². The van der Waals surface area contributed by atoms with Gasteiger partial charge in [-0.1, -0.05) is 6.42 Å². The van der Waals surface area contributed by atoms with Crippen molar-refractivity contribution in [1.29, 1.82) is 0 Å². The quantitative estimate of drug-likeness (QED) is 0.692. The van der Waals surface area contributed by atoms with Gasteiger partial charge in [0.05, 0.1) is 18.1 Å². The van der Waals surface area contributed by atoms with E-state index in [2.05, 4.69) is 5.32 Å². The van der Waals surface area contributed by atoms with Gasteiger partial charge in [0.1, 0.15) is 0 Å². The van der Waals surface area contributed by atoms with Crippen LogP contribution in [-0.4, -0.2) is 51.8 Å². The van der Waals surface area contributed by atoms with Crippen LogP contribution in [0.1, 0.15) is 39.0 Å². The molecule has 2 aliphatic rings. The number of nitrogens with zero attached hydrogens (tertiary/aromatic N) is 1. The van der Waals surface area contributed by atoms with E-state index < -0.39 is 11.6 Å². The fourth-order valence-corrected chi connectivity index (χ4v) is 2.93. The van der Waals surface area contributed by atoms with Crippen LogP contribution in [0.3, 0.4) is 0 Å². The Morgan fingerprint density at radius 1 is 1.37 bits per heavy atom. The van der Waals surface area contributed by atoms with Gasteiger partial charge in [-0.15, -0.1) is 0 Å². The molecule has 1 saturated carbocycles. The number of hydrogen-bond acceptors (Lipinski definition) is 3. The smallest absolute Gasteiger partial charge is 0.317 e. The molecule has 108 valence electrons. The minimum atomic E-state index is -0.798. The number of carboxylic acid groups (broad SMARTS) is 1. The fraction of sp³-hybridized carbons (Fsp3) is 0.846. The maximum absolute atomic E-state index is 12.0. The number of hydrogen-bond donors (Lipinski definition) is 3. The number of urea groups is 1. The largest absolute Gasteiger partial charge is 0.481 e. The zero-order valence-corrected chi connectivity index (χ0v) is 11.3. The summed E-state index contributed by atoms with van der Waals surface area (Å²) in [6.45, 7) is 2.61. The highest BCUT2D eigenvalue weighted by Crippen LogP contribution is 2.25. The Hall–Kier alpha value is -1.30. The third kappa shape index (κ3) is 3.59. The van der Waals surface area contributed by atoms with Crippen LogP contribution in [0.5, 0.6) is 0 Å². The molecule has 3 unspecified atom stereocenters. The number of carbonyl (C=O) groups excluding carboxylic acids is 1. The molecular formula is C13H22N2O4. The summed E-state index contributed by atoms with van der Waals surface area (Å²) >= 11 is 0. The first-order chi connectivity index (χ1) is 8.87. The van der Waals surface area contributed by atoms with Crippen LogP contribution >= 0.6 is 0 Å². The van der Waals surface area contributed by atoms with Crippen molar-refractivity contribution < 1.29 is 19.8 Å². The number of carboxylic acids is 1. The standard InChI is InChI=1S/C13H22N2O4/c1-13(19)5-6-15(8-13)12(18)14-10-4-2-3-9(7-10)11(16)17/h9-10,19H,2-8H2,1H3,(H,14,18)(H,16,17). The van der Waals surface area contributed by atoms with Gasteiger partial charge in [-0.2, -0.15) is 0 Å². The molecule has 1 saturated heterocycles. The van der Waals surface area contributed by atoms with E-state index in [-0.39, 0.29) is 18.0 Å². The summed E-state index contributed by atoms with van der Waals surface area (Å²) in [5.74, 6) is -1.12. The molecule has 0 bridgehead atoms. The number of β-amino-alcohol motifs (C(OH)–C–C–N with tert-alkyl or cyclic N) is 1. The van der Waals surface area contributed by atoms with Crippen molar-refractivity contribution in [3.8, 4) is 0 Å². The van der Waals surface area contributed by atoms with Crippen molar-refractivity contribution in [3.63, 3.8) is 0 Å². The molecule has 1 heterocycles. The molecule has 2 fully saturated rings. The van der Waals surface area contributed by atoms with E-state index in [9.17, 15) is 14.7 Å². The molecule has 0 aromatic heterocycles. The molecule has 0 spiro atoms. The molecule has 19 heavy (non-hydrogen) atoms. The first-order valence-electron chi connectivity index (χ1n) is 6.88. The molecule has 0 aromatic rings. The van der Waals surface area contributed by atoms with E-state index in [1.54, 1.807) is 11.8 Å². The second kappa shape index (κ2) is 5.36. The van der Waals surface area contributed by atoms with Crippen molar-refractivity contribution in [1.82, 2.24) is 10.2 Å². The summed E-state index contributed by atoms with van der Waals surface area (Å²) in [6.07, 6.45) is 3.45. The number of carbonyl (C=O) groups is 2. The van der Waals surface area contributed by atoms with Gasteiger partial charge in [-0.05, 0) is 32.6 Å². The average Bonchev–Trinajstić information content (AvgIpc) is 2.70. The summed E-state index contributed by atoms with van der Waals surface area (Å²) in [7, 11) is 0. The molecule has 3 N–H and O–H groups in total. The normalized spacial score (nSPS) is 35.2. The number of nitrogens with one attached hydrogen (secondary N) is 1. The first kappa shape index (κ1) is 14.1. The summed E-state index contributed by atoms with van der Waals surface area (Å²) in [6, 6.07) is -0.248. The lowest BCUT2D eigenvalue weighted by molar-refractivity contribution is -0.143. The van der Waals surface area contributed by atoms with E-state index in [0.29, 0.717) is 32.4 Å². The Labute approximate surface area is 112 Å². The molecule has 1 aliphatic heterocycles. The maximum atomic E-state index is 12.0. The van der Waals surface area contributed by atoms with Crippen LogP contribution in [0.15, 0.2) is 0 Å². The number of rotatable bonds is 2. The molecule has 2 amide bonds. The third-order valence-electron chi connectivity index (χ3n) is 4.09. The summed E-state index contributed by atoms with van der Waals surface area (Å²) in [4.78, 5) is 24.6. The molecule has 1 aliphatic carbocycles. The summed E-state index contributed by atoms with van der Waals surface area (Å²) in [5.41, 5.74) is -0.798. The van der Waals surface area contributed by atoms with Crippen LogP contribution in [0.2, 0.25) is 0 Å². The predicted octanol–water partition coefficient (Wildman–Crippen LogP) is 0.796. The lowest BCUT2D eigenvalue weighted by Crippen LogP contribution is -2.47. The van der Waals surface area contributed by atoms with Crippen molar-refractivity contribution >= 4 is 12.0 Å². The van der Waals surface area contributed by atoms with Gasteiger partial charge >= 0.3 is 12.0 Å². The number of likely N-dealkylation sites (tertiary alicyclic amines) is 1. The van der Waals surface area contributed by atoms with Gasteiger partial charge in [-0.25, -0.2) is 4.79 Å². The highest BCUT2D eigenvalue weighted by Gasteiger charge is 2.35. The van der Waals surface area contributed by atoms with Gasteiger partial charge in [0, 0.05) is 12.6 Å². The molecule has 6 heteroatoms. The Bertz CT molecular complexity index is 370. The zero-order valence-electron chi connectivity index (χ0n) is 11.3. The highest BCUT2D eigenvalue weighted by molar-refractivity contribution is 5.75. The monoisotopic (exact) mass is 270 g/mol. The van der Waals surface area contributed by atoms with Gasteiger partial charge in [0.2, 0.25) is 0 Å². The predicted molar refractivity (Wildman–Crippen MR) is 68.7 cm³/mol. The second-order valence-corrected chi connectivity index (χ2v) is 6.02. The lowest BCUT2D eigenvalue weighted by atomic mass is 9.86. The minimum Gasteiger partial charge on any atom is -0.481 e. The first-order valence-corrected chi connectivity index (χ1v) is 6.88. The van der Waals surface area contributed by atoms with Gasteiger partial charge in [0.25, 0.3) is 0 Å².